The van der Waals surface area contributed by atoms with Crippen molar-refractivity contribution in [2.45, 2.75) is 40.2 Å². The van der Waals surface area contributed by atoms with Gasteiger partial charge < -0.3 is 14.3 Å². The van der Waals surface area contributed by atoms with Crippen molar-refractivity contribution in [2.24, 2.45) is 5.16 Å². The van der Waals surface area contributed by atoms with E-state index in [2.05, 4.69) is 5.16 Å². The number of methoxy groups -OCH3 is 2. The van der Waals surface area contributed by atoms with E-state index in [1.165, 1.54) is 20.5 Å². The summed E-state index contributed by atoms with van der Waals surface area (Å²) in [6.07, 6.45) is 1.88. The van der Waals surface area contributed by atoms with Crippen LogP contribution < -0.4 is 0 Å². The van der Waals surface area contributed by atoms with E-state index in [1.54, 1.807) is 0 Å². The summed E-state index contributed by atoms with van der Waals surface area (Å²) < 4.78 is 9.76. The molecule has 0 saturated heterocycles. The number of benzene rings is 1. The molecule has 1 rings (SSSR count). The fourth-order valence-electron chi connectivity index (χ4n) is 1.96. The minimum atomic E-state index is -0.398. The number of esters is 1. The number of hydrogen-bond acceptors (Lipinski definition) is 5. The van der Waals surface area contributed by atoms with Gasteiger partial charge in [-0.3, -0.25) is 0 Å². The first-order valence-corrected chi connectivity index (χ1v) is 7.49. The molecule has 1 aromatic carbocycles. The normalized spacial score (nSPS) is 12.3. The predicted molar refractivity (Wildman–Crippen MR) is 90.4 cm³/mol. The van der Waals surface area contributed by atoms with Crippen molar-refractivity contribution in [3.63, 3.8) is 0 Å². The second-order valence-corrected chi connectivity index (χ2v) is 5.52. The van der Waals surface area contributed by atoms with Crippen LogP contribution in [-0.2, 0) is 25.5 Å². The molecule has 0 radical (unpaired) electrons. The second-order valence-electron chi connectivity index (χ2n) is 5.52. The van der Waals surface area contributed by atoms with Crippen LogP contribution in [0.5, 0.6) is 0 Å². The van der Waals surface area contributed by atoms with Crippen LogP contribution in [0.25, 0.3) is 0 Å². The first-order chi connectivity index (χ1) is 10.9. The van der Waals surface area contributed by atoms with Crippen molar-refractivity contribution in [2.75, 3.05) is 14.2 Å². The molecule has 0 aliphatic heterocycles. The van der Waals surface area contributed by atoms with Crippen molar-refractivity contribution in [1.82, 2.24) is 0 Å². The highest BCUT2D eigenvalue weighted by Crippen LogP contribution is 2.17. The summed E-state index contributed by atoms with van der Waals surface area (Å²) in [4.78, 5) is 17.1. The zero-order valence-electron chi connectivity index (χ0n) is 14.7. The van der Waals surface area contributed by atoms with E-state index < -0.39 is 5.97 Å². The number of oxime groups is 1. The predicted octanol–water partition coefficient (Wildman–Crippen LogP) is 3.39. The first-order valence-electron chi connectivity index (χ1n) is 7.49. The van der Waals surface area contributed by atoms with Gasteiger partial charge in [0.25, 0.3) is 0 Å². The molecule has 0 amide bonds. The van der Waals surface area contributed by atoms with Gasteiger partial charge in [0, 0.05) is 6.42 Å². The lowest BCUT2D eigenvalue weighted by molar-refractivity contribution is -0.136. The third kappa shape index (κ3) is 5.77. The minimum absolute atomic E-state index is 0.0328. The molecular weight excluding hydrogens is 294 g/mol. The highest BCUT2D eigenvalue weighted by atomic mass is 16.6. The molecular formula is C18H25NO4. The molecule has 1 aromatic rings. The number of ether oxygens (including phenoxy) is 2. The van der Waals surface area contributed by atoms with Crippen molar-refractivity contribution >= 4 is 11.7 Å². The molecule has 0 fully saturated rings. The highest BCUT2D eigenvalue weighted by Gasteiger charge is 2.13. The van der Waals surface area contributed by atoms with E-state index in [1.807, 2.05) is 45.9 Å². The minimum Gasteiger partial charge on any atom is -0.504 e. The molecule has 0 aliphatic carbocycles. The summed E-state index contributed by atoms with van der Waals surface area (Å²) in [5.41, 5.74) is 4.29. The SMILES string of the molecule is CO/C=C(\Cc1cc(/C(C)=N/OC(C)C)ccc1C)C(=O)OC. The van der Waals surface area contributed by atoms with Crippen LogP contribution in [0, 0.1) is 6.92 Å². The quantitative estimate of drug-likeness (QED) is 0.254. The Labute approximate surface area is 137 Å². The third-order valence-corrected chi connectivity index (χ3v) is 3.26. The van der Waals surface area contributed by atoms with Gasteiger partial charge in [-0.15, -0.1) is 0 Å². The molecule has 0 saturated carbocycles. The summed E-state index contributed by atoms with van der Waals surface area (Å²) in [5, 5.41) is 4.12. The smallest absolute Gasteiger partial charge is 0.337 e. The molecule has 126 valence electrons. The van der Waals surface area contributed by atoms with Crippen molar-refractivity contribution < 1.29 is 19.1 Å². The molecule has 5 nitrogen and oxygen atoms in total. The Morgan fingerprint density at radius 1 is 1.30 bits per heavy atom. The summed E-state index contributed by atoms with van der Waals surface area (Å²) >= 11 is 0. The molecule has 0 bridgehead atoms. The van der Waals surface area contributed by atoms with Gasteiger partial charge in [0.2, 0.25) is 0 Å². The Morgan fingerprint density at radius 2 is 2.00 bits per heavy atom. The number of aryl methyl sites for hydroxylation is 1. The van der Waals surface area contributed by atoms with Crippen molar-refractivity contribution in [3.8, 4) is 0 Å². The van der Waals surface area contributed by atoms with Gasteiger partial charge in [0.1, 0.15) is 6.10 Å². The number of carbonyl (C=O) groups excluding carboxylic acids is 1. The Morgan fingerprint density at radius 3 is 2.57 bits per heavy atom. The lowest BCUT2D eigenvalue weighted by Crippen LogP contribution is -2.09. The molecule has 23 heavy (non-hydrogen) atoms. The van der Waals surface area contributed by atoms with Gasteiger partial charge in [-0.25, -0.2) is 4.79 Å². The molecule has 0 atom stereocenters. The molecule has 0 spiro atoms. The van der Waals surface area contributed by atoms with Gasteiger partial charge in [0.15, 0.2) is 0 Å². The van der Waals surface area contributed by atoms with E-state index in [0.717, 1.165) is 22.4 Å². The van der Waals surface area contributed by atoms with Gasteiger partial charge in [-0.05, 0) is 50.5 Å². The van der Waals surface area contributed by atoms with Crippen LogP contribution in [0.1, 0.15) is 37.5 Å². The fourth-order valence-corrected chi connectivity index (χ4v) is 1.96. The van der Waals surface area contributed by atoms with Crippen LogP contribution in [-0.4, -0.2) is 32.0 Å². The topological polar surface area (TPSA) is 57.1 Å². The van der Waals surface area contributed by atoms with E-state index in [-0.39, 0.29) is 6.10 Å². The van der Waals surface area contributed by atoms with Crippen LogP contribution in [0.4, 0.5) is 0 Å². The number of rotatable bonds is 7. The van der Waals surface area contributed by atoms with E-state index >= 15 is 0 Å². The zero-order chi connectivity index (χ0) is 17.4. The van der Waals surface area contributed by atoms with E-state index in [0.29, 0.717) is 12.0 Å². The number of carbonyl (C=O) groups is 1. The Kier molecular flexibility index (Phi) is 7.32. The van der Waals surface area contributed by atoms with E-state index in [4.69, 9.17) is 14.3 Å². The maximum atomic E-state index is 11.8. The summed E-state index contributed by atoms with van der Waals surface area (Å²) in [6.45, 7) is 7.74. The summed E-state index contributed by atoms with van der Waals surface area (Å²) in [5.74, 6) is -0.398. The average molecular weight is 319 g/mol. The van der Waals surface area contributed by atoms with Crippen molar-refractivity contribution in [3.05, 3.63) is 46.7 Å². The molecule has 0 heterocycles. The first kappa shape index (κ1) is 18.7. The maximum Gasteiger partial charge on any atom is 0.337 e. The fraction of sp³-hybridized carbons (Fsp3) is 0.444. The van der Waals surface area contributed by atoms with Crippen molar-refractivity contribution in [1.29, 1.82) is 0 Å². The Bertz CT molecular complexity index is 603. The second kappa shape index (κ2) is 8.98. The van der Waals surface area contributed by atoms with Gasteiger partial charge in [-0.2, -0.15) is 0 Å². The Balaban J connectivity index is 3.08. The van der Waals surface area contributed by atoms with Crippen LogP contribution in [0.15, 0.2) is 35.2 Å². The summed E-state index contributed by atoms with van der Waals surface area (Å²) in [6, 6.07) is 5.99. The average Bonchev–Trinajstić information content (AvgIpc) is 2.53. The maximum absolute atomic E-state index is 11.8. The molecule has 0 N–H and O–H groups in total. The number of hydrogen-bond donors (Lipinski definition) is 0. The molecule has 5 heteroatoms. The lowest BCUT2D eigenvalue weighted by atomic mass is 9.97. The monoisotopic (exact) mass is 319 g/mol. The third-order valence-electron chi connectivity index (χ3n) is 3.26. The number of nitrogens with zero attached hydrogens (tertiary/aromatic N) is 1. The standard InChI is InChI=1S/C18H25NO4/c1-12(2)23-19-14(4)15-8-7-13(3)16(9-15)10-17(11-21-5)18(20)22-6/h7-9,11-12H,10H2,1-6H3/b17-11+,19-14+. The molecule has 0 aromatic heterocycles. The lowest BCUT2D eigenvalue weighted by Gasteiger charge is -2.11. The largest absolute Gasteiger partial charge is 0.504 e. The highest BCUT2D eigenvalue weighted by molar-refractivity contribution is 5.98. The van der Waals surface area contributed by atoms with Crippen LogP contribution in [0.3, 0.4) is 0 Å². The zero-order valence-corrected chi connectivity index (χ0v) is 14.7. The Hall–Kier alpha value is -2.30. The van der Waals surface area contributed by atoms with Gasteiger partial charge in [0.05, 0.1) is 31.8 Å². The van der Waals surface area contributed by atoms with Crippen LogP contribution in [0.2, 0.25) is 0 Å². The molecule has 0 unspecified atom stereocenters. The van der Waals surface area contributed by atoms with E-state index in [9.17, 15) is 4.79 Å². The van der Waals surface area contributed by atoms with Gasteiger partial charge >= 0.3 is 5.97 Å². The van der Waals surface area contributed by atoms with Gasteiger partial charge in [-0.1, -0.05) is 17.3 Å². The van der Waals surface area contributed by atoms with Crippen LogP contribution >= 0.6 is 0 Å². The summed E-state index contributed by atoms with van der Waals surface area (Å²) in [7, 11) is 2.86. The molecule has 0 aliphatic rings.